The van der Waals surface area contributed by atoms with Crippen molar-refractivity contribution in [2.75, 3.05) is 6.61 Å². The van der Waals surface area contributed by atoms with Gasteiger partial charge in [0.2, 0.25) is 0 Å². The van der Waals surface area contributed by atoms with E-state index in [-0.39, 0.29) is 29.6 Å². The first-order chi connectivity index (χ1) is 11.4. The van der Waals surface area contributed by atoms with Crippen LogP contribution in [-0.4, -0.2) is 56.0 Å². The van der Waals surface area contributed by atoms with E-state index in [1.54, 1.807) is 0 Å². The standard InChI is InChI=1S/C18H36O.Na.H3O4P.H/c1-2-3-4-5-6-7-8-9-10-11-12-13-14-15-16-17-18-19;;1-5(2,3)4;/h9-10,19H,2-8,11-18H2,1H3;;(H3,1,2,3,4);. The predicted octanol–water partition coefficient (Wildman–Crippen LogP) is 4.44. The zero-order chi connectivity index (χ0) is 18.5. The Kier molecular flexibility index (Phi) is 30.3. The summed E-state index contributed by atoms with van der Waals surface area (Å²) in [5.74, 6) is 0. The van der Waals surface area contributed by atoms with Crippen molar-refractivity contribution in [1.82, 2.24) is 0 Å². The number of rotatable bonds is 15. The van der Waals surface area contributed by atoms with E-state index in [2.05, 4.69) is 19.1 Å². The van der Waals surface area contributed by atoms with Crippen LogP contribution >= 0.6 is 7.82 Å². The summed E-state index contributed by atoms with van der Waals surface area (Å²) in [4.78, 5) is 21.6. The number of aliphatic hydroxyl groups is 1. The molecule has 0 fully saturated rings. The van der Waals surface area contributed by atoms with Gasteiger partial charge in [-0.1, -0.05) is 76.9 Å². The zero-order valence-corrected chi connectivity index (χ0v) is 16.3. The molecule has 25 heavy (non-hydrogen) atoms. The van der Waals surface area contributed by atoms with E-state index < -0.39 is 7.82 Å². The molecule has 0 amide bonds. The van der Waals surface area contributed by atoms with Gasteiger partial charge in [0, 0.05) is 6.61 Å². The maximum atomic E-state index is 8.88. The van der Waals surface area contributed by atoms with Crippen molar-refractivity contribution in [2.24, 2.45) is 0 Å². The van der Waals surface area contributed by atoms with Crippen LogP contribution in [0.15, 0.2) is 12.2 Å². The van der Waals surface area contributed by atoms with E-state index in [4.69, 9.17) is 24.4 Å². The van der Waals surface area contributed by atoms with Gasteiger partial charge in [0.1, 0.15) is 0 Å². The summed E-state index contributed by atoms with van der Waals surface area (Å²) >= 11 is 0. The normalized spacial score (nSPS) is 11.1. The Labute approximate surface area is 176 Å². The first kappa shape index (κ1) is 30.5. The van der Waals surface area contributed by atoms with Crippen molar-refractivity contribution in [3.8, 4) is 0 Å². The summed E-state index contributed by atoms with van der Waals surface area (Å²) in [6.45, 7) is 2.64. The predicted molar refractivity (Wildman–Crippen MR) is 108 cm³/mol. The summed E-state index contributed by atoms with van der Waals surface area (Å²) < 4.78 is 8.88. The Hall–Kier alpha value is 0.810. The second kappa shape index (κ2) is 24.8. The Bertz CT molecular complexity index is 300. The number of hydrogen-bond donors (Lipinski definition) is 4. The minimum atomic E-state index is -4.64. The van der Waals surface area contributed by atoms with Crippen molar-refractivity contribution < 1.29 is 24.4 Å². The summed E-state index contributed by atoms with van der Waals surface area (Å²) in [6, 6.07) is 0. The summed E-state index contributed by atoms with van der Waals surface area (Å²) in [5.41, 5.74) is 0. The van der Waals surface area contributed by atoms with Gasteiger partial charge in [-0.25, -0.2) is 4.57 Å². The molecular weight excluding hydrogens is 350 g/mol. The Morgan fingerprint density at radius 2 is 1.00 bits per heavy atom. The molecule has 0 aliphatic carbocycles. The molecule has 0 spiro atoms. The molecule has 0 rings (SSSR count). The van der Waals surface area contributed by atoms with Crippen LogP contribution in [0.4, 0.5) is 0 Å². The fourth-order valence-electron chi connectivity index (χ4n) is 2.36. The molecule has 0 saturated heterocycles. The van der Waals surface area contributed by atoms with Gasteiger partial charge in [0.05, 0.1) is 0 Å². The van der Waals surface area contributed by atoms with Gasteiger partial charge >= 0.3 is 37.4 Å². The fourth-order valence-corrected chi connectivity index (χ4v) is 2.36. The van der Waals surface area contributed by atoms with Crippen LogP contribution in [0, 0.1) is 0 Å². The topological polar surface area (TPSA) is 98.0 Å². The second-order valence-corrected chi connectivity index (χ2v) is 7.20. The summed E-state index contributed by atoms with van der Waals surface area (Å²) in [6.07, 6.45) is 23.2. The van der Waals surface area contributed by atoms with E-state index in [9.17, 15) is 0 Å². The molecule has 0 saturated carbocycles. The van der Waals surface area contributed by atoms with E-state index in [1.807, 2.05) is 0 Å². The monoisotopic (exact) mass is 390 g/mol. The molecule has 0 atom stereocenters. The molecule has 0 aliphatic heterocycles. The van der Waals surface area contributed by atoms with Gasteiger partial charge in [0.15, 0.2) is 0 Å². The quantitative estimate of drug-likeness (QED) is 0.143. The first-order valence-corrected chi connectivity index (χ1v) is 11.0. The van der Waals surface area contributed by atoms with Crippen molar-refractivity contribution in [2.45, 2.75) is 96.8 Å². The molecule has 0 aliphatic rings. The molecule has 0 aromatic carbocycles. The Balaban J connectivity index is -0.000000704. The number of unbranched alkanes of at least 4 members (excludes halogenated alkanes) is 12. The van der Waals surface area contributed by atoms with Crippen LogP contribution < -0.4 is 0 Å². The molecule has 4 N–H and O–H groups in total. The minimum absolute atomic E-state index is 0. The molecular formula is C18H40NaO5P. The van der Waals surface area contributed by atoms with E-state index in [1.165, 1.54) is 83.5 Å². The molecule has 0 radical (unpaired) electrons. The first-order valence-electron chi connectivity index (χ1n) is 9.46. The van der Waals surface area contributed by atoms with Crippen molar-refractivity contribution >= 4 is 37.4 Å². The van der Waals surface area contributed by atoms with Gasteiger partial charge in [0.25, 0.3) is 0 Å². The van der Waals surface area contributed by atoms with E-state index in [0.29, 0.717) is 6.61 Å². The van der Waals surface area contributed by atoms with Crippen LogP contribution in [0.1, 0.15) is 96.8 Å². The van der Waals surface area contributed by atoms with Crippen LogP contribution in [-0.2, 0) is 4.57 Å². The van der Waals surface area contributed by atoms with Crippen LogP contribution in [0.5, 0.6) is 0 Å². The van der Waals surface area contributed by atoms with Crippen molar-refractivity contribution in [3.63, 3.8) is 0 Å². The van der Waals surface area contributed by atoms with Gasteiger partial charge in [-0.2, -0.15) is 0 Å². The SMILES string of the molecule is CCCCCCCCC=CCCCCCCCCO.O=P(O)(O)O.[NaH]. The van der Waals surface area contributed by atoms with Gasteiger partial charge in [-0.3, -0.25) is 0 Å². The second-order valence-electron chi connectivity index (χ2n) is 6.17. The zero-order valence-electron chi connectivity index (χ0n) is 15.4. The number of hydrogen-bond acceptors (Lipinski definition) is 2. The van der Waals surface area contributed by atoms with Crippen LogP contribution in [0.25, 0.3) is 0 Å². The molecule has 148 valence electrons. The molecule has 0 aromatic rings. The molecule has 0 bridgehead atoms. The van der Waals surface area contributed by atoms with Crippen LogP contribution in [0.3, 0.4) is 0 Å². The third-order valence-electron chi connectivity index (χ3n) is 3.67. The molecule has 0 unspecified atom stereocenters. The van der Waals surface area contributed by atoms with Crippen molar-refractivity contribution in [1.29, 1.82) is 0 Å². The van der Waals surface area contributed by atoms with Crippen molar-refractivity contribution in [3.05, 3.63) is 12.2 Å². The average Bonchev–Trinajstić information content (AvgIpc) is 2.49. The number of phosphoric acid groups is 1. The summed E-state index contributed by atoms with van der Waals surface area (Å²) in [5, 5.41) is 8.66. The third kappa shape index (κ3) is 45.7. The maximum absolute atomic E-state index is 8.88. The van der Waals surface area contributed by atoms with Crippen LogP contribution in [0.2, 0.25) is 0 Å². The van der Waals surface area contributed by atoms with Gasteiger partial charge in [-0.15, -0.1) is 0 Å². The average molecular weight is 390 g/mol. The fraction of sp³-hybridized carbons (Fsp3) is 0.889. The molecule has 7 heteroatoms. The Morgan fingerprint density at radius 1 is 0.680 bits per heavy atom. The Morgan fingerprint density at radius 3 is 1.36 bits per heavy atom. The molecule has 0 aromatic heterocycles. The number of aliphatic hydroxyl groups excluding tert-OH is 1. The number of allylic oxidation sites excluding steroid dienone is 2. The molecule has 5 nitrogen and oxygen atoms in total. The third-order valence-corrected chi connectivity index (χ3v) is 3.67. The van der Waals surface area contributed by atoms with Gasteiger partial charge in [-0.05, 0) is 32.1 Å². The van der Waals surface area contributed by atoms with E-state index in [0.717, 1.165) is 6.42 Å². The molecule has 0 heterocycles. The van der Waals surface area contributed by atoms with Gasteiger partial charge < -0.3 is 19.8 Å². The van der Waals surface area contributed by atoms with E-state index >= 15 is 0 Å². The summed E-state index contributed by atoms with van der Waals surface area (Å²) in [7, 11) is -4.64.